The van der Waals surface area contributed by atoms with Crippen LogP contribution in [-0.4, -0.2) is 12.8 Å². The van der Waals surface area contributed by atoms with Crippen LogP contribution in [0, 0.1) is 6.92 Å². The van der Waals surface area contributed by atoms with Crippen LogP contribution in [0.25, 0.3) is 0 Å². The fourth-order valence-corrected chi connectivity index (χ4v) is 2.44. The summed E-state index contributed by atoms with van der Waals surface area (Å²) in [4.78, 5) is 2.22. The predicted octanol–water partition coefficient (Wildman–Crippen LogP) is 4.90. The van der Waals surface area contributed by atoms with Gasteiger partial charge in [0.05, 0.1) is 0 Å². The number of hydrogen-bond donors (Lipinski definition) is 0. The van der Waals surface area contributed by atoms with Gasteiger partial charge in [-0.25, -0.2) is 0 Å². The van der Waals surface area contributed by atoms with E-state index >= 15 is 0 Å². The molecule has 0 aliphatic rings. The van der Waals surface area contributed by atoms with Crippen molar-refractivity contribution in [1.29, 1.82) is 0 Å². The van der Waals surface area contributed by atoms with E-state index in [0.29, 0.717) is 5.02 Å². The minimum absolute atomic E-state index is 0.0553. The Hall–Kier alpha value is -1.67. The lowest BCUT2D eigenvalue weighted by Gasteiger charge is -2.30. The van der Waals surface area contributed by atoms with Gasteiger partial charge in [0.2, 0.25) is 0 Å². The van der Waals surface area contributed by atoms with Gasteiger partial charge in [0.15, 0.2) is 6.23 Å². The normalized spacial score (nSPS) is 12.0. The average Bonchev–Trinajstić information content (AvgIpc) is 2.39. The quantitative estimate of drug-likeness (QED) is 0.726. The molecule has 0 fully saturated rings. The molecule has 2 aromatic rings. The molecular weight excluding hydrogens is 270 g/mol. The van der Waals surface area contributed by atoms with Crippen molar-refractivity contribution < 1.29 is 4.74 Å². The van der Waals surface area contributed by atoms with E-state index in [1.54, 1.807) is 0 Å². The van der Waals surface area contributed by atoms with Gasteiger partial charge in [0.25, 0.3) is 0 Å². The zero-order valence-corrected chi connectivity index (χ0v) is 12.9. The third-order valence-electron chi connectivity index (χ3n) is 3.22. The fourth-order valence-electron chi connectivity index (χ4n) is 2.26. The molecule has 0 saturated heterocycles. The lowest BCUT2D eigenvalue weighted by atomic mass is 10.2. The third kappa shape index (κ3) is 3.67. The molecule has 2 nitrogen and oxygen atoms in total. The first-order valence-electron chi connectivity index (χ1n) is 6.85. The summed E-state index contributed by atoms with van der Waals surface area (Å²) in [5.74, 6) is 0.788. The molecule has 0 saturated carbocycles. The molecule has 0 spiro atoms. The Labute approximate surface area is 125 Å². The van der Waals surface area contributed by atoms with E-state index in [-0.39, 0.29) is 6.23 Å². The summed E-state index contributed by atoms with van der Waals surface area (Å²) in [5.41, 5.74) is 2.41. The van der Waals surface area contributed by atoms with E-state index in [0.717, 1.165) is 12.3 Å². The van der Waals surface area contributed by atoms with E-state index in [2.05, 4.69) is 43.0 Å². The summed E-state index contributed by atoms with van der Waals surface area (Å²) in [6, 6.07) is 15.9. The number of anilines is 1. The maximum atomic E-state index is 5.99. The van der Waals surface area contributed by atoms with Gasteiger partial charge < -0.3 is 9.64 Å². The molecule has 1 unspecified atom stereocenters. The van der Waals surface area contributed by atoms with Crippen molar-refractivity contribution in [3.63, 3.8) is 0 Å². The van der Waals surface area contributed by atoms with E-state index in [1.165, 1.54) is 11.3 Å². The second-order valence-corrected chi connectivity index (χ2v) is 5.24. The summed E-state index contributed by atoms with van der Waals surface area (Å²) < 4.78 is 5.98. The molecule has 0 aliphatic heterocycles. The zero-order valence-electron chi connectivity index (χ0n) is 12.1. The Kier molecular flexibility index (Phi) is 4.91. The number of rotatable bonds is 5. The average molecular weight is 290 g/mol. The number of ether oxygens (including phenoxy) is 1. The number of nitrogens with zero attached hydrogens (tertiary/aromatic N) is 1. The van der Waals surface area contributed by atoms with Crippen LogP contribution in [0.3, 0.4) is 0 Å². The first-order valence-corrected chi connectivity index (χ1v) is 7.23. The van der Waals surface area contributed by atoms with Crippen molar-refractivity contribution in [1.82, 2.24) is 0 Å². The molecule has 2 aromatic carbocycles. The van der Waals surface area contributed by atoms with Gasteiger partial charge in [0, 0.05) is 17.3 Å². The van der Waals surface area contributed by atoms with Crippen LogP contribution in [-0.2, 0) is 0 Å². The highest BCUT2D eigenvalue weighted by Gasteiger charge is 2.14. The largest absolute Gasteiger partial charge is 0.471 e. The molecule has 2 rings (SSSR count). The van der Waals surface area contributed by atoms with Crippen LogP contribution >= 0.6 is 11.6 Å². The Morgan fingerprint density at radius 2 is 1.90 bits per heavy atom. The number of aryl methyl sites for hydroxylation is 1. The third-order valence-corrected chi connectivity index (χ3v) is 3.45. The van der Waals surface area contributed by atoms with Crippen molar-refractivity contribution in [2.45, 2.75) is 27.0 Å². The number of benzene rings is 2. The van der Waals surface area contributed by atoms with Crippen molar-refractivity contribution >= 4 is 17.3 Å². The van der Waals surface area contributed by atoms with Crippen LogP contribution in [0.15, 0.2) is 48.5 Å². The zero-order chi connectivity index (χ0) is 14.5. The summed E-state index contributed by atoms with van der Waals surface area (Å²) in [6.45, 7) is 7.15. The lowest BCUT2D eigenvalue weighted by Crippen LogP contribution is -2.37. The molecule has 3 heteroatoms. The highest BCUT2D eigenvalue weighted by molar-refractivity contribution is 6.30. The maximum Gasteiger partial charge on any atom is 0.169 e. The van der Waals surface area contributed by atoms with Gasteiger partial charge in [-0.2, -0.15) is 0 Å². The molecule has 106 valence electrons. The maximum absolute atomic E-state index is 5.99. The summed E-state index contributed by atoms with van der Waals surface area (Å²) in [5, 5.41) is 0.688. The van der Waals surface area contributed by atoms with Crippen LogP contribution in [0.5, 0.6) is 5.75 Å². The molecule has 20 heavy (non-hydrogen) atoms. The first kappa shape index (κ1) is 14.7. The Bertz CT molecular complexity index is 570. The topological polar surface area (TPSA) is 12.5 Å². The molecule has 0 radical (unpaired) electrons. The monoisotopic (exact) mass is 289 g/mol. The smallest absolute Gasteiger partial charge is 0.169 e. The molecule has 0 aliphatic carbocycles. The molecule has 1 atom stereocenters. The standard InChI is InChI=1S/C17H20ClNO/c1-4-19(16-9-5-7-13(2)11-16)14(3)20-17-10-6-8-15(18)12-17/h5-12,14H,4H2,1-3H3. The first-order chi connectivity index (χ1) is 9.60. The van der Waals surface area contributed by atoms with Crippen LogP contribution in [0.4, 0.5) is 5.69 Å². The van der Waals surface area contributed by atoms with Crippen LogP contribution < -0.4 is 9.64 Å². The van der Waals surface area contributed by atoms with Gasteiger partial charge in [0.1, 0.15) is 5.75 Å². The minimum Gasteiger partial charge on any atom is -0.471 e. The van der Waals surface area contributed by atoms with Crippen molar-refractivity contribution in [3.8, 4) is 5.75 Å². The van der Waals surface area contributed by atoms with E-state index in [9.17, 15) is 0 Å². The Balaban J connectivity index is 2.15. The Morgan fingerprint density at radius 1 is 1.15 bits per heavy atom. The van der Waals surface area contributed by atoms with Crippen molar-refractivity contribution in [2.75, 3.05) is 11.4 Å². The van der Waals surface area contributed by atoms with Crippen LogP contribution in [0.2, 0.25) is 5.02 Å². The van der Waals surface area contributed by atoms with Gasteiger partial charge in [-0.3, -0.25) is 0 Å². The highest BCUT2D eigenvalue weighted by Crippen LogP contribution is 2.22. The van der Waals surface area contributed by atoms with Crippen molar-refractivity contribution in [3.05, 3.63) is 59.1 Å². The fraction of sp³-hybridized carbons (Fsp3) is 0.294. The van der Waals surface area contributed by atoms with Crippen LogP contribution in [0.1, 0.15) is 19.4 Å². The second-order valence-electron chi connectivity index (χ2n) is 4.80. The molecule has 0 bridgehead atoms. The highest BCUT2D eigenvalue weighted by atomic mass is 35.5. The van der Waals surface area contributed by atoms with Gasteiger partial charge in [-0.15, -0.1) is 0 Å². The van der Waals surface area contributed by atoms with E-state index in [1.807, 2.05) is 31.2 Å². The second kappa shape index (κ2) is 6.67. The SMILES string of the molecule is CCN(c1cccc(C)c1)C(C)Oc1cccc(Cl)c1. The molecule has 0 amide bonds. The minimum atomic E-state index is -0.0553. The van der Waals surface area contributed by atoms with Gasteiger partial charge >= 0.3 is 0 Å². The van der Waals surface area contributed by atoms with E-state index < -0.39 is 0 Å². The number of hydrogen-bond acceptors (Lipinski definition) is 2. The van der Waals surface area contributed by atoms with Crippen molar-refractivity contribution in [2.24, 2.45) is 0 Å². The number of halogens is 1. The predicted molar refractivity (Wildman–Crippen MR) is 85.7 cm³/mol. The molecule has 0 N–H and O–H groups in total. The summed E-state index contributed by atoms with van der Waals surface area (Å²) in [6.07, 6.45) is -0.0553. The van der Waals surface area contributed by atoms with Gasteiger partial charge in [-0.1, -0.05) is 29.8 Å². The Morgan fingerprint density at radius 3 is 2.55 bits per heavy atom. The molecule has 0 heterocycles. The lowest BCUT2D eigenvalue weighted by molar-refractivity contribution is 0.216. The summed E-state index contributed by atoms with van der Waals surface area (Å²) >= 11 is 5.99. The van der Waals surface area contributed by atoms with E-state index in [4.69, 9.17) is 16.3 Å². The molecular formula is C17H20ClNO. The van der Waals surface area contributed by atoms with Gasteiger partial charge in [-0.05, 0) is 56.7 Å². The summed E-state index contributed by atoms with van der Waals surface area (Å²) in [7, 11) is 0. The molecule has 0 aromatic heterocycles.